The standard InChI is InChI=1S/C16H23N3O3/c1-3-22-16(21)18-14-8-6-13(7-9-14)17-12(2)15(20)19-10-4-5-11-19/h6-9,12,17H,3-5,10-11H2,1-2H3,(H,18,21). The summed E-state index contributed by atoms with van der Waals surface area (Å²) < 4.78 is 4.81. The molecule has 0 radical (unpaired) electrons. The van der Waals surface area contributed by atoms with Gasteiger partial charge in [0.2, 0.25) is 5.91 Å². The highest BCUT2D eigenvalue weighted by Crippen LogP contribution is 2.16. The summed E-state index contributed by atoms with van der Waals surface area (Å²) in [5.74, 6) is 0.131. The van der Waals surface area contributed by atoms with Crippen molar-refractivity contribution in [2.75, 3.05) is 30.3 Å². The number of carbonyl (C=O) groups is 2. The molecule has 0 saturated carbocycles. The summed E-state index contributed by atoms with van der Waals surface area (Å²) in [6.07, 6.45) is 1.71. The number of hydrogen-bond acceptors (Lipinski definition) is 4. The molecule has 120 valence electrons. The van der Waals surface area contributed by atoms with Crippen LogP contribution in [0.3, 0.4) is 0 Å². The van der Waals surface area contributed by atoms with Crippen molar-refractivity contribution in [3.63, 3.8) is 0 Å². The van der Waals surface area contributed by atoms with Crippen molar-refractivity contribution in [2.45, 2.75) is 32.7 Å². The van der Waals surface area contributed by atoms with E-state index >= 15 is 0 Å². The van der Waals surface area contributed by atoms with E-state index < -0.39 is 6.09 Å². The van der Waals surface area contributed by atoms with Gasteiger partial charge in [0.1, 0.15) is 6.04 Å². The predicted octanol–water partition coefficient (Wildman–Crippen LogP) is 2.68. The van der Waals surface area contributed by atoms with Crippen LogP contribution in [0.2, 0.25) is 0 Å². The van der Waals surface area contributed by atoms with Gasteiger partial charge in [-0.05, 0) is 51.0 Å². The second kappa shape index (κ2) is 7.68. The Bertz CT molecular complexity index is 510. The lowest BCUT2D eigenvalue weighted by Gasteiger charge is -2.22. The van der Waals surface area contributed by atoms with Crippen LogP contribution in [0.4, 0.5) is 16.2 Å². The Labute approximate surface area is 130 Å². The van der Waals surface area contributed by atoms with Crippen LogP contribution in [0.15, 0.2) is 24.3 Å². The fourth-order valence-electron chi connectivity index (χ4n) is 2.46. The normalized spacial score (nSPS) is 15.3. The van der Waals surface area contributed by atoms with Crippen molar-refractivity contribution in [3.05, 3.63) is 24.3 Å². The highest BCUT2D eigenvalue weighted by molar-refractivity contribution is 5.86. The molecule has 1 aromatic rings. The van der Waals surface area contributed by atoms with Crippen molar-refractivity contribution in [1.29, 1.82) is 0 Å². The average Bonchev–Trinajstić information content (AvgIpc) is 3.03. The zero-order valence-corrected chi connectivity index (χ0v) is 13.1. The summed E-state index contributed by atoms with van der Waals surface area (Å²) in [6, 6.07) is 6.94. The largest absolute Gasteiger partial charge is 0.450 e. The van der Waals surface area contributed by atoms with Gasteiger partial charge in [0.15, 0.2) is 0 Å². The number of nitrogens with zero attached hydrogens (tertiary/aromatic N) is 1. The van der Waals surface area contributed by atoms with E-state index in [9.17, 15) is 9.59 Å². The molecule has 1 saturated heterocycles. The Kier molecular flexibility index (Phi) is 5.63. The Hall–Kier alpha value is -2.24. The van der Waals surface area contributed by atoms with Gasteiger partial charge in [0.05, 0.1) is 6.61 Å². The van der Waals surface area contributed by atoms with Crippen LogP contribution in [0, 0.1) is 0 Å². The molecule has 1 fully saturated rings. The van der Waals surface area contributed by atoms with Crippen LogP contribution in [0.1, 0.15) is 26.7 Å². The van der Waals surface area contributed by atoms with Crippen LogP contribution in [0.25, 0.3) is 0 Å². The molecule has 1 aromatic carbocycles. The van der Waals surface area contributed by atoms with Crippen molar-refractivity contribution in [2.24, 2.45) is 0 Å². The van der Waals surface area contributed by atoms with E-state index in [0.717, 1.165) is 31.6 Å². The number of hydrogen-bond donors (Lipinski definition) is 2. The van der Waals surface area contributed by atoms with Gasteiger partial charge in [0.25, 0.3) is 0 Å². The first kappa shape index (κ1) is 16.1. The first-order chi connectivity index (χ1) is 10.6. The summed E-state index contributed by atoms with van der Waals surface area (Å²) >= 11 is 0. The number of rotatable bonds is 5. The molecular weight excluding hydrogens is 282 g/mol. The van der Waals surface area contributed by atoms with Crippen molar-refractivity contribution < 1.29 is 14.3 Å². The maximum Gasteiger partial charge on any atom is 0.411 e. The number of carbonyl (C=O) groups excluding carboxylic acids is 2. The van der Waals surface area contributed by atoms with Gasteiger partial charge >= 0.3 is 6.09 Å². The van der Waals surface area contributed by atoms with E-state index in [-0.39, 0.29) is 11.9 Å². The molecule has 6 nitrogen and oxygen atoms in total. The van der Waals surface area contributed by atoms with Crippen molar-refractivity contribution >= 4 is 23.4 Å². The zero-order chi connectivity index (χ0) is 15.9. The molecule has 1 aliphatic rings. The summed E-state index contributed by atoms with van der Waals surface area (Å²) in [5.41, 5.74) is 1.50. The molecular formula is C16H23N3O3. The molecule has 6 heteroatoms. The Balaban J connectivity index is 1.87. The molecule has 22 heavy (non-hydrogen) atoms. The van der Waals surface area contributed by atoms with E-state index in [2.05, 4.69) is 10.6 Å². The smallest absolute Gasteiger partial charge is 0.411 e. The van der Waals surface area contributed by atoms with E-state index in [0.29, 0.717) is 12.3 Å². The lowest BCUT2D eigenvalue weighted by molar-refractivity contribution is -0.130. The topological polar surface area (TPSA) is 70.7 Å². The monoisotopic (exact) mass is 305 g/mol. The zero-order valence-electron chi connectivity index (χ0n) is 13.1. The highest BCUT2D eigenvalue weighted by atomic mass is 16.5. The lowest BCUT2D eigenvalue weighted by atomic mass is 10.2. The second-order valence-corrected chi connectivity index (χ2v) is 5.32. The van der Waals surface area contributed by atoms with Crippen molar-refractivity contribution in [1.82, 2.24) is 4.90 Å². The lowest BCUT2D eigenvalue weighted by Crippen LogP contribution is -2.39. The molecule has 2 amide bonds. The number of benzene rings is 1. The number of amides is 2. The third-order valence-electron chi connectivity index (χ3n) is 3.58. The minimum Gasteiger partial charge on any atom is -0.450 e. The van der Waals surface area contributed by atoms with E-state index in [1.54, 1.807) is 19.1 Å². The maximum absolute atomic E-state index is 12.2. The molecule has 1 unspecified atom stereocenters. The number of likely N-dealkylation sites (tertiary alicyclic amines) is 1. The van der Waals surface area contributed by atoms with Gasteiger partial charge in [0, 0.05) is 24.5 Å². The van der Waals surface area contributed by atoms with Crippen LogP contribution < -0.4 is 10.6 Å². The third-order valence-corrected chi connectivity index (χ3v) is 3.58. The quantitative estimate of drug-likeness (QED) is 0.877. The molecule has 0 bridgehead atoms. The summed E-state index contributed by atoms with van der Waals surface area (Å²) in [4.78, 5) is 25.4. The highest BCUT2D eigenvalue weighted by Gasteiger charge is 2.22. The molecule has 1 atom stereocenters. The summed E-state index contributed by atoms with van der Waals surface area (Å²) in [6.45, 7) is 5.67. The molecule has 1 heterocycles. The Morgan fingerprint density at radius 2 is 1.77 bits per heavy atom. The van der Waals surface area contributed by atoms with Crippen LogP contribution >= 0.6 is 0 Å². The molecule has 0 aromatic heterocycles. The van der Waals surface area contributed by atoms with Gasteiger partial charge in [-0.1, -0.05) is 0 Å². The van der Waals surface area contributed by atoms with Crippen LogP contribution in [0.5, 0.6) is 0 Å². The second-order valence-electron chi connectivity index (χ2n) is 5.32. The molecule has 0 spiro atoms. The molecule has 2 rings (SSSR count). The third kappa shape index (κ3) is 4.38. The van der Waals surface area contributed by atoms with E-state index in [1.807, 2.05) is 24.0 Å². The van der Waals surface area contributed by atoms with Crippen molar-refractivity contribution in [3.8, 4) is 0 Å². The molecule has 1 aliphatic heterocycles. The SMILES string of the molecule is CCOC(=O)Nc1ccc(NC(C)C(=O)N2CCCC2)cc1. The number of anilines is 2. The minimum atomic E-state index is -0.471. The fraction of sp³-hybridized carbons (Fsp3) is 0.500. The number of nitrogens with one attached hydrogen (secondary N) is 2. The average molecular weight is 305 g/mol. The first-order valence-electron chi connectivity index (χ1n) is 7.69. The van der Waals surface area contributed by atoms with Crippen LogP contribution in [-0.2, 0) is 9.53 Å². The fourth-order valence-corrected chi connectivity index (χ4v) is 2.46. The van der Waals surface area contributed by atoms with Gasteiger partial charge in [-0.25, -0.2) is 4.79 Å². The maximum atomic E-state index is 12.2. The summed E-state index contributed by atoms with van der Waals surface area (Å²) in [5, 5.41) is 5.82. The van der Waals surface area contributed by atoms with Crippen LogP contribution in [-0.4, -0.2) is 42.6 Å². The van der Waals surface area contributed by atoms with Gasteiger partial charge in [-0.3, -0.25) is 10.1 Å². The molecule has 2 N–H and O–H groups in total. The Morgan fingerprint density at radius 3 is 2.36 bits per heavy atom. The summed E-state index contributed by atoms with van der Waals surface area (Å²) in [7, 11) is 0. The van der Waals surface area contributed by atoms with Gasteiger partial charge in [-0.2, -0.15) is 0 Å². The number of ether oxygens (including phenoxy) is 1. The van der Waals surface area contributed by atoms with E-state index in [1.165, 1.54) is 0 Å². The minimum absolute atomic E-state index is 0.131. The van der Waals surface area contributed by atoms with Gasteiger partial charge in [-0.15, -0.1) is 0 Å². The van der Waals surface area contributed by atoms with Gasteiger partial charge < -0.3 is 15.0 Å². The molecule has 0 aliphatic carbocycles. The first-order valence-corrected chi connectivity index (χ1v) is 7.69. The predicted molar refractivity (Wildman–Crippen MR) is 86.0 cm³/mol. The Morgan fingerprint density at radius 1 is 1.18 bits per heavy atom. The van der Waals surface area contributed by atoms with E-state index in [4.69, 9.17) is 4.74 Å².